The maximum Gasteiger partial charge on any atom is 0.0318 e. The quantitative estimate of drug-likeness (QED) is 0.647. The maximum absolute atomic E-state index is 6.12. The van der Waals surface area contributed by atoms with E-state index in [-0.39, 0.29) is 6.04 Å². The van der Waals surface area contributed by atoms with Gasteiger partial charge in [0.2, 0.25) is 0 Å². The van der Waals surface area contributed by atoms with Gasteiger partial charge in [-0.2, -0.15) is 0 Å². The molecule has 13 heavy (non-hydrogen) atoms. The lowest BCUT2D eigenvalue weighted by Crippen LogP contribution is -2.30. The molecule has 1 unspecified atom stereocenters. The smallest absolute Gasteiger partial charge is 0.0318 e. The van der Waals surface area contributed by atoms with E-state index in [2.05, 4.69) is 37.7 Å². The number of fused-ring (bicyclic) bond motifs is 1. The Hall–Kier alpha value is -0.760. The molecule has 2 N–H and O–H groups in total. The summed E-state index contributed by atoms with van der Waals surface area (Å²) in [6.45, 7) is 4.59. The molecule has 0 aliphatic heterocycles. The highest BCUT2D eigenvalue weighted by Gasteiger charge is 2.31. The third-order valence-electron chi connectivity index (χ3n) is 3.05. The fourth-order valence-electron chi connectivity index (χ4n) is 2.38. The summed E-state index contributed by atoms with van der Waals surface area (Å²) >= 11 is 0. The molecule has 1 aliphatic carbocycles. The third kappa shape index (κ3) is 1.39. The standard InChI is InChI=1S/C11H18N2/c1-11(2)6-9(12)8-4-5-13(3)10(8)7-11/h4-5,9H,6-7,12H2,1-3H3. The lowest BCUT2D eigenvalue weighted by molar-refractivity contribution is 0.277. The van der Waals surface area contributed by atoms with Crippen molar-refractivity contribution < 1.29 is 0 Å². The van der Waals surface area contributed by atoms with Crippen LogP contribution in [0.15, 0.2) is 12.3 Å². The van der Waals surface area contributed by atoms with Crippen molar-refractivity contribution in [3.05, 3.63) is 23.5 Å². The zero-order chi connectivity index (χ0) is 9.64. The van der Waals surface area contributed by atoms with E-state index in [9.17, 15) is 0 Å². The van der Waals surface area contributed by atoms with E-state index < -0.39 is 0 Å². The Labute approximate surface area is 79.7 Å². The van der Waals surface area contributed by atoms with Crippen LogP contribution in [0.2, 0.25) is 0 Å². The molecule has 0 aromatic carbocycles. The molecule has 0 radical (unpaired) electrons. The van der Waals surface area contributed by atoms with Crippen molar-refractivity contribution in [2.24, 2.45) is 18.2 Å². The van der Waals surface area contributed by atoms with Crippen molar-refractivity contribution in [3.8, 4) is 0 Å². The third-order valence-corrected chi connectivity index (χ3v) is 3.05. The van der Waals surface area contributed by atoms with Crippen LogP contribution in [0.1, 0.15) is 37.6 Å². The van der Waals surface area contributed by atoms with Gasteiger partial charge in [-0.25, -0.2) is 0 Å². The Bertz CT molecular complexity index is 323. The molecule has 0 spiro atoms. The number of aryl methyl sites for hydroxylation is 1. The second-order valence-electron chi connectivity index (χ2n) is 4.98. The molecule has 1 aromatic rings. The number of hydrogen-bond acceptors (Lipinski definition) is 1. The van der Waals surface area contributed by atoms with Crippen molar-refractivity contribution in [2.45, 2.75) is 32.7 Å². The summed E-state index contributed by atoms with van der Waals surface area (Å²) in [6, 6.07) is 2.40. The van der Waals surface area contributed by atoms with E-state index in [1.807, 2.05) is 0 Å². The van der Waals surface area contributed by atoms with Gasteiger partial charge in [0.05, 0.1) is 0 Å². The lowest BCUT2D eigenvalue weighted by atomic mass is 9.75. The van der Waals surface area contributed by atoms with Gasteiger partial charge in [-0.1, -0.05) is 13.8 Å². The Balaban J connectivity index is 2.45. The highest BCUT2D eigenvalue weighted by molar-refractivity contribution is 5.29. The van der Waals surface area contributed by atoms with Gasteiger partial charge in [0, 0.05) is 25.0 Å². The summed E-state index contributed by atoms with van der Waals surface area (Å²) in [6.07, 6.45) is 4.37. The summed E-state index contributed by atoms with van der Waals surface area (Å²) < 4.78 is 2.20. The number of aromatic nitrogens is 1. The van der Waals surface area contributed by atoms with Gasteiger partial charge in [-0.3, -0.25) is 0 Å². The van der Waals surface area contributed by atoms with E-state index >= 15 is 0 Å². The SMILES string of the molecule is Cn1ccc2c1CC(C)(C)CC2N. The van der Waals surface area contributed by atoms with E-state index in [0.29, 0.717) is 5.41 Å². The predicted molar refractivity (Wildman–Crippen MR) is 54.4 cm³/mol. The zero-order valence-corrected chi connectivity index (χ0v) is 8.67. The summed E-state index contributed by atoms with van der Waals surface area (Å²) in [5.74, 6) is 0. The maximum atomic E-state index is 6.12. The second kappa shape index (κ2) is 2.61. The molecule has 0 fully saturated rings. The van der Waals surface area contributed by atoms with Gasteiger partial charge in [0.15, 0.2) is 0 Å². The molecule has 1 heterocycles. The topological polar surface area (TPSA) is 30.9 Å². The van der Waals surface area contributed by atoms with E-state index in [0.717, 1.165) is 12.8 Å². The molecule has 1 atom stereocenters. The van der Waals surface area contributed by atoms with Crippen LogP contribution in [-0.2, 0) is 13.5 Å². The van der Waals surface area contributed by atoms with E-state index in [1.54, 1.807) is 0 Å². The van der Waals surface area contributed by atoms with Gasteiger partial charge in [0.25, 0.3) is 0 Å². The summed E-state index contributed by atoms with van der Waals surface area (Å²) in [4.78, 5) is 0. The molecule has 72 valence electrons. The second-order valence-corrected chi connectivity index (χ2v) is 4.98. The van der Waals surface area contributed by atoms with Crippen LogP contribution in [0, 0.1) is 5.41 Å². The molecule has 0 saturated carbocycles. The Morgan fingerprint density at radius 3 is 2.92 bits per heavy atom. The zero-order valence-electron chi connectivity index (χ0n) is 8.67. The van der Waals surface area contributed by atoms with Crippen molar-refractivity contribution in [3.63, 3.8) is 0 Å². The number of hydrogen-bond donors (Lipinski definition) is 1. The molecule has 2 nitrogen and oxygen atoms in total. The molecule has 2 rings (SSSR count). The first-order chi connectivity index (χ1) is 5.99. The minimum atomic E-state index is 0.236. The number of rotatable bonds is 0. The normalized spacial score (nSPS) is 25.7. The largest absolute Gasteiger partial charge is 0.354 e. The highest BCUT2D eigenvalue weighted by atomic mass is 14.9. The molecule has 0 saturated heterocycles. The minimum Gasteiger partial charge on any atom is -0.354 e. The van der Waals surface area contributed by atoms with Gasteiger partial charge in [0.1, 0.15) is 0 Å². The van der Waals surface area contributed by atoms with Gasteiger partial charge in [-0.15, -0.1) is 0 Å². The monoisotopic (exact) mass is 178 g/mol. The Kier molecular flexibility index (Phi) is 1.77. The van der Waals surface area contributed by atoms with Crippen LogP contribution in [-0.4, -0.2) is 4.57 Å². The van der Waals surface area contributed by atoms with Gasteiger partial charge >= 0.3 is 0 Å². The minimum absolute atomic E-state index is 0.236. The summed E-state index contributed by atoms with van der Waals surface area (Å²) in [5.41, 5.74) is 9.25. The van der Waals surface area contributed by atoms with Crippen molar-refractivity contribution in [2.75, 3.05) is 0 Å². The summed E-state index contributed by atoms with van der Waals surface area (Å²) in [5, 5.41) is 0. The van der Waals surface area contributed by atoms with Crippen LogP contribution < -0.4 is 5.73 Å². The first-order valence-corrected chi connectivity index (χ1v) is 4.89. The first kappa shape index (κ1) is 8.82. The average molecular weight is 178 g/mol. The number of nitrogens with zero attached hydrogens (tertiary/aromatic N) is 1. The molecule has 2 heteroatoms. The highest BCUT2D eigenvalue weighted by Crippen LogP contribution is 2.39. The van der Waals surface area contributed by atoms with Crippen LogP contribution in [0.4, 0.5) is 0 Å². The summed E-state index contributed by atoms with van der Waals surface area (Å²) in [7, 11) is 2.10. The molecular formula is C11H18N2. The molecule has 1 aliphatic rings. The van der Waals surface area contributed by atoms with Gasteiger partial charge in [-0.05, 0) is 29.9 Å². The molecular weight excluding hydrogens is 160 g/mol. The van der Waals surface area contributed by atoms with Crippen molar-refractivity contribution in [1.82, 2.24) is 4.57 Å². The van der Waals surface area contributed by atoms with Crippen molar-refractivity contribution >= 4 is 0 Å². The van der Waals surface area contributed by atoms with Crippen molar-refractivity contribution in [1.29, 1.82) is 0 Å². The molecule has 0 bridgehead atoms. The Morgan fingerprint density at radius 1 is 1.54 bits per heavy atom. The predicted octanol–water partition coefficient (Wildman–Crippen LogP) is 2.00. The van der Waals surface area contributed by atoms with Crippen LogP contribution in [0.3, 0.4) is 0 Å². The van der Waals surface area contributed by atoms with E-state index in [4.69, 9.17) is 5.73 Å². The van der Waals surface area contributed by atoms with Crippen LogP contribution in [0.25, 0.3) is 0 Å². The lowest BCUT2D eigenvalue weighted by Gasteiger charge is -2.34. The van der Waals surface area contributed by atoms with Gasteiger partial charge < -0.3 is 10.3 Å². The number of nitrogens with two attached hydrogens (primary N) is 1. The molecule has 1 aromatic heterocycles. The fraction of sp³-hybridized carbons (Fsp3) is 0.636. The first-order valence-electron chi connectivity index (χ1n) is 4.89. The van der Waals surface area contributed by atoms with Crippen LogP contribution >= 0.6 is 0 Å². The van der Waals surface area contributed by atoms with Crippen LogP contribution in [0.5, 0.6) is 0 Å². The Morgan fingerprint density at radius 2 is 2.23 bits per heavy atom. The average Bonchev–Trinajstić information content (AvgIpc) is 2.30. The van der Waals surface area contributed by atoms with E-state index in [1.165, 1.54) is 11.3 Å². The molecule has 0 amide bonds. The fourth-order valence-corrected chi connectivity index (χ4v) is 2.38.